The van der Waals surface area contributed by atoms with Crippen LogP contribution in [0.3, 0.4) is 0 Å². The number of cyclic esters (lactones) is 1. The number of methoxy groups -OCH3 is 3. The average Bonchev–Trinajstić information content (AvgIpc) is 3.86. The van der Waals surface area contributed by atoms with E-state index in [4.69, 9.17) is 23.7 Å². The monoisotopic (exact) mass is 982 g/mol. The molecule has 1 aromatic heterocycles. The molecule has 390 valence electrons. The molecule has 1 saturated carbocycles. The van der Waals surface area contributed by atoms with Gasteiger partial charge in [0, 0.05) is 58.5 Å². The number of amides is 1. The quantitative estimate of drug-likeness (QED) is 0.162. The van der Waals surface area contributed by atoms with E-state index >= 15 is 0 Å². The molecule has 0 bridgehead atoms. The molecule has 1 amide bonds. The summed E-state index contributed by atoms with van der Waals surface area (Å²) in [6.07, 6.45) is 10.2. The molecule has 70 heavy (non-hydrogen) atoms. The molecule has 2 fully saturated rings. The minimum Gasteiger partial charge on any atom is -0.460 e. The normalized spacial score (nSPS) is 35.8. The maximum atomic E-state index is 14.3. The molecular weight excluding hydrogens is 903 g/mol. The largest absolute Gasteiger partial charge is 0.460 e. The number of nitrogens with one attached hydrogen (secondary N) is 1. The standard InChI is InChI=1S/C52H79N5O13/c1-30-16-12-11-13-17-31(2)42(66-8)28-38(58)21-19-32(3)45(60)48(63)50(64)57-23-15-14-18-39(57)51(65)69-43(29-40(59)33(4)25-36(7)47(62)49(68-10)46(61)35(6)24-30)34(5)26-37-20-22-41(44(27-37)67-9)70-52-53-55-56-54-52/h11-13,16-17,25,30,32-35,37-39,41-44,47,49,58,62H,14-15,18-24,26-29H2,1-10H3,(H,53,54,55,56)/b13-11+,16-12+,31-17+,36-25+/t30-,32-,33-,34-,35-,37+,38+,39+,41-,42+,43+,44-,47-,49+/m1/s1. The lowest BCUT2D eigenvalue weighted by Crippen LogP contribution is -2.53. The first-order chi connectivity index (χ1) is 33.3. The van der Waals surface area contributed by atoms with E-state index in [1.54, 1.807) is 48.0 Å². The number of rotatable bonds is 8. The van der Waals surface area contributed by atoms with Gasteiger partial charge in [-0.25, -0.2) is 4.79 Å². The molecule has 4 rings (SSSR count). The van der Waals surface area contributed by atoms with Crippen LogP contribution in [0.4, 0.5) is 0 Å². The topological polar surface area (TPSA) is 247 Å². The van der Waals surface area contributed by atoms with Crippen molar-refractivity contribution in [2.45, 2.75) is 174 Å². The number of carbonyl (C=O) groups is 6. The predicted molar refractivity (Wildman–Crippen MR) is 259 cm³/mol. The number of aromatic nitrogens is 4. The van der Waals surface area contributed by atoms with E-state index in [1.807, 2.05) is 51.2 Å². The van der Waals surface area contributed by atoms with Gasteiger partial charge in [-0.2, -0.15) is 5.21 Å². The second-order valence-corrected chi connectivity index (χ2v) is 20.0. The fourth-order valence-electron chi connectivity index (χ4n) is 9.94. The lowest BCUT2D eigenvalue weighted by atomic mass is 9.78. The lowest BCUT2D eigenvalue weighted by molar-refractivity contribution is -0.166. The number of ketones is 4. The van der Waals surface area contributed by atoms with Crippen LogP contribution in [-0.4, -0.2) is 147 Å². The molecule has 3 heterocycles. The summed E-state index contributed by atoms with van der Waals surface area (Å²) in [7, 11) is 4.51. The molecular formula is C52H79N5O13. The van der Waals surface area contributed by atoms with Gasteiger partial charge in [0.05, 0.1) is 18.3 Å². The van der Waals surface area contributed by atoms with Gasteiger partial charge < -0.3 is 38.8 Å². The fourth-order valence-corrected chi connectivity index (χ4v) is 9.94. The zero-order valence-corrected chi connectivity index (χ0v) is 42.9. The Morgan fingerprint density at radius 2 is 1.57 bits per heavy atom. The summed E-state index contributed by atoms with van der Waals surface area (Å²) in [5.74, 6) is -6.97. The highest BCUT2D eigenvalue weighted by molar-refractivity contribution is 6.63. The van der Waals surface area contributed by atoms with Gasteiger partial charge in [-0.05, 0) is 112 Å². The second-order valence-electron chi connectivity index (χ2n) is 20.0. The summed E-state index contributed by atoms with van der Waals surface area (Å²) in [5.41, 5.74) is 1.22. The molecule has 3 aliphatic rings. The van der Waals surface area contributed by atoms with Crippen molar-refractivity contribution in [2.75, 3.05) is 27.9 Å². The minimum absolute atomic E-state index is 0.00522. The van der Waals surface area contributed by atoms with Gasteiger partial charge >= 0.3 is 12.0 Å². The molecule has 1 aliphatic carbocycles. The van der Waals surface area contributed by atoms with Crippen LogP contribution >= 0.6 is 0 Å². The van der Waals surface area contributed by atoms with Gasteiger partial charge in [0.25, 0.3) is 11.7 Å². The highest BCUT2D eigenvalue weighted by atomic mass is 16.6. The summed E-state index contributed by atoms with van der Waals surface area (Å²) in [6, 6.07) is -1.06. The maximum absolute atomic E-state index is 14.3. The van der Waals surface area contributed by atoms with Crippen molar-refractivity contribution < 1.29 is 62.7 Å². The number of aliphatic hydroxyl groups excluding tert-OH is 2. The smallest absolute Gasteiger partial charge is 0.356 e. The third kappa shape index (κ3) is 16.7. The molecule has 14 atom stereocenters. The van der Waals surface area contributed by atoms with E-state index in [-0.39, 0.29) is 86.2 Å². The Kier molecular flexibility index (Phi) is 23.4. The van der Waals surface area contributed by atoms with Crippen molar-refractivity contribution in [2.24, 2.45) is 35.5 Å². The Hall–Kier alpha value is -4.75. The van der Waals surface area contributed by atoms with E-state index in [0.717, 1.165) is 16.9 Å². The van der Waals surface area contributed by atoms with Gasteiger partial charge in [-0.1, -0.05) is 81.3 Å². The number of ether oxygens (including phenoxy) is 5. The fraction of sp³-hybridized carbons (Fsp3) is 0.712. The van der Waals surface area contributed by atoms with Crippen molar-refractivity contribution in [1.82, 2.24) is 25.5 Å². The van der Waals surface area contributed by atoms with Crippen molar-refractivity contribution in [1.29, 1.82) is 0 Å². The summed E-state index contributed by atoms with van der Waals surface area (Å²) in [6.45, 7) is 12.5. The first-order valence-electron chi connectivity index (χ1n) is 25.0. The second kappa shape index (κ2) is 28.3. The number of tetrazole rings is 1. The number of hydrogen-bond donors (Lipinski definition) is 3. The van der Waals surface area contributed by atoms with Crippen LogP contribution in [0.1, 0.15) is 126 Å². The average molecular weight is 982 g/mol. The Morgan fingerprint density at radius 3 is 2.24 bits per heavy atom. The first-order valence-corrected chi connectivity index (χ1v) is 25.0. The third-order valence-corrected chi connectivity index (χ3v) is 14.4. The molecule has 3 N–H and O–H groups in total. The van der Waals surface area contributed by atoms with Gasteiger partial charge in [-0.3, -0.25) is 24.0 Å². The number of fused-ring (bicyclic) bond motifs is 1. The lowest BCUT2D eigenvalue weighted by Gasteiger charge is -2.37. The van der Waals surface area contributed by atoms with E-state index in [1.165, 1.54) is 7.11 Å². The highest BCUT2D eigenvalue weighted by Gasteiger charge is 2.42. The molecule has 0 spiro atoms. The number of Topliss-reactive ketones (excluding diaryl/α,β-unsaturated/α-hetero) is 4. The Morgan fingerprint density at radius 1 is 0.829 bits per heavy atom. The van der Waals surface area contributed by atoms with Crippen LogP contribution in [0.15, 0.2) is 47.6 Å². The zero-order valence-electron chi connectivity index (χ0n) is 42.9. The van der Waals surface area contributed by atoms with Crippen LogP contribution in [-0.2, 0) is 47.7 Å². The molecule has 18 heteroatoms. The predicted octanol–water partition coefficient (Wildman–Crippen LogP) is 5.62. The molecule has 2 aliphatic heterocycles. The SMILES string of the molecule is CO[C@H]1C[C@@H](O)CC[C@@H](C)C(=O)C(=O)C(=O)N2CCCC[C@H]2C(=O)O[C@H]([C@H](C)C[C@@H]2CC[C@@H](Oc3nn[nH]n3)[C@H](OC)C2)CC(=O)[C@H](C)/C=C(\C)[C@@H](O)[C@@H](OC)C(=O)[C@H](C)C[C@H](C)/C=C/C=C/C=C/1C. The highest BCUT2D eigenvalue weighted by Crippen LogP contribution is 2.35. The Labute approximate surface area is 413 Å². The number of H-pyrrole nitrogens is 1. The minimum atomic E-state index is -1.34. The van der Waals surface area contributed by atoms with Crippen LogP contribution in [0.5, 0.6) is 6.01 Å². The van der Waals surface area contributed by atoms with Crippen molar-refractivity contribution in [3.05, 3.63) is 47.6 Å². The Bertz CT molecular complexity index is 2020. The Balaban J connectivity index is 1.63. The number of piperidine rings is 1. The van der Waals surface area contributed by atoms with Crippen LogP contribution in [0, 0.1) is 35.5 Å². The number of nitrogens with zero attached hydrogens (tertiary/aromatic N) is 4. The van der Waals surface area contributed by atoms with Crippen LogP contribution < -0.4 is 4.74 Å². The van der Waals surface area contributed by atoms with Gasteiger partial charge in [-0.15, -0.1) is 0 Å². The summed E-state index contributed by atoms with van der Waals surface area (Å²) in [4.78, 5) is 84.3. The van der Waals surface area contributed by atoms with Gasteiger partial charge in [0.2, 0.25) is 5.78 Å². The maximum Gasteiger partial charge on any atom is 0.356 e. The van der Waals surface area contributed by atoms with E-state index in [2.05, 4.69) is 20.6 Å². The van der Waals surface area contributed by atoms with E-state index < -0.39 is 77.8 Å². The molecule has 1 aromatic rings. The number of hydrogen-bond acceptors (Lipinski definition) is 16. The molecule has 0 aromatic carbocycles. The van der Waals surface area contributed by atoms with E-state index in [9.17, 15) is 39.0 Å². The zero-order chi connectivity index (χ0) is 51.7. The number of carbonyl (C=O) groups excluding carboxylic acids is 6. The van der Waals surface area contributed by atoms with Gasteiger partial charge in [0.1, 0.15) is 36.2 Å². The number of esters is 1. The third-order valence-electron chi connectivity index (χ3n) is 14.4. The van der Waals surface area contributed by atoms with Crippen molar-refractivity contribution >= 4 is 35.0 Å². The first kappa shape index (κ1) is 57.8. The molecule has 0 radical (unpaired) electrons. The van der Waals surface area contributed by atoms with Crippen molar-refractivity contribution in [3.63, 3.8) is 0 Å². The number of aromatic amines is 1. The summed E-state index contributed by atoms with van der Waals surface area (Å²) in [5, 5.41) is 36.2. The van der Waals surface area contributed by atoms with Crippen LogP contribution in [0.25, 0.3) is 0 Å². The van der Waals surface area contributed by atoms with Crippen LogP contribution in [0.2, 0.25) is 0 Å². The van der Waals surface area contributed by atoms with Gasteiger partial charge in [0.15, 0.2) is 5.78 Å². The summed E-state index contributed by atoms with van der Waals surface area (Å²) >= 11 is 0. The number of allylic oxidation sites excluding steroid dienone is 6. The molecule has 18 nitrogen and oxygen atoms in total. The molecule has 1 saturated heterocycles. The van der Waals surface area contributed by atoms with E-state index in [0.29, 0.717) is 44.1 Å². The number of aliphatic hydroxyl groups is 2. The summed E-state index contributed by atoms with van der Waals surface area (Å²) < 4.78 is 29.3. The van der Waals surface area contributed by atoms with Crippen molar-refractivity contribution in [3.8, 4) is 6.01 Å². The molecule has 0 unspecified atom stereocenters.